The number of hydrogen-bond acceptors (Lipinski definition) is 4. The van der Waals surface area contributed by atoms with Gasteiger partial charge in [0.25, 0.3) is 0 Å². The fourth-order valence-corrected chi connectivity index (χ4v) is 2.87. The summed E-state index contributed by atoms with van der Waals surface area (Å²) in [5.41, 5.74) is 0. The first-order valence-electron chi connectivity index (χ1n) is 4.80. The molecule has 14 heavy (non-hydrogen) atoms. The maximum atomic E-state index is 5.42. The molecule has 0 aliphatic rings. The van der Waals surface area contributed by atoms with Crippen molar-refractivity contribution in [2.75, 3.05) is 26.4 Å². The maximum Gasteiger partial charge on any atom is 0.679 e. The highest BCUT2D eigenvalue weighted by molar-refractivity contribution is 6.92. The summed E-state index contributed by atoms with van der Waals surface area (Å²) in [5.74, 6) is 0. The van der Waals surface area contributed by atoms with E-state index in [4.69, 9.17) is 17.7 Å². The normalized spacial score (nSPS) is 11.1. The first-order chi connectivity index (χ1) is 6.24. The Hall–Kier alpha value is 0.487. The van der Waals surface area contributed by atoms with Crippen molar-refractivity contribution < 1.29 is 17.7 Å². The van der Waals surface area contributed by atoms with Crippen LogP contribution in [0.4, 0.5) is 0 Å². The molecule has 6 heteroatoms. The van der Waals surface area contributed by atoms with E-state index in [0.717, 1.165) is 0 Å². The molecule has 0 fully saturated rings. The Bertz CT molecular complexity index is 96.4. The zero-order valence-electron chi connectivity index (χ0n) is 9.41. The van der Waals surface area contributed by atoms with Crippen molar-refractivity contribution in [1.29, 1.82) is 0 Å². The predicted molar refractivity (Wildman–Crippen MR) is 59.2 cm³/mol. The molecule has 0 amide bonds. The van der Waals surface area contributed by atoms with Crippen molar-refractivity contribution in [3.63, 3.8) is 0 Å². The second kappa shape index (κ2) is 10.0. The Morgan fingerprint density at radius 2 is 0.857 bits per heavy atom. The average molecular weight is 239 g/mol. The maximum absolute atomic E-state index is 5.42. The quantitative estimate of drug-likeness (QED) is 0.481. The van der Waals surface area contributed by atoms with E-state index < -0.39 is 9.05 Å². The van der Waals surface area contributed by atoms with Crippen molar-refractivity contribution in [1.82, 2.24) is 0 Å². The van der Waals surface area contributed by atoms with Gasteiger partial charge in [-0.3, -0.25) is 0 Å². The van der Waals surface area contributed by atoms with E-state index in [9.17, 15) is 0 Å². The molecular formula is C8H20O4PSi. The molecular weight excluding hydrogens is 219 g/mol. The molecule has 0 aliphatic carbocycles. The lowest BCUT2D eigenvalue weighted by Crippen LogP contribution is -2.49. The zero-order valence-corrected chi connectivity index (χ0v) is 11.3. The van der Waals surface area contributed by atoms with E-state index in [1.54, 1.807) is 0 Å². The Morgan fingerprint density at radius 3 is 1.00 bits per heavy atom. The first kappa shape index (κ1) is 16.9. The summed E-state index contributed by atoms with van der Waals surface area (Å²) in [4.78, 5) is 0. The van der Waals surface area contributed by atoms with Crippen LogP contribution in [0.3, 0.4) is 0 Å². The van der Waals surface area contributed by atoms with Crippen molar-refractivity contribution in [2.24, 2.45) is 0 Å². The molecule has 0 aromatic rings. The fourth-order valence-electron chi connectivity index (χ4n) is 0.957. The van der Waals surface area contributed by atoms with Gasteiger partial charge in [0.15, 0.2) is 0 Å². The summed E-state index contributed by atoms with van der Waals surface area (Å²) < 4.78 is 21.7. The Kier molecular flexibility index (Phi) is 12.1. The smallest absolute Gasteiger partial charge is 0.351 e. The zero-order chi connectivity index (χ0) is 10.2. The topological polar surface area (TPSA) is 36.9 Å². The fraction of sp³-hybridized carbons (Fsp3) is 1.00. The molecule has 0 saturated carbocycles. The average Bonchev–Trinajstić information content (AvgIpc) is 2.06. The molecule has 3 radical (unpaired) electrons. The second-order valence-corrected chi connectivity index (χ2v) is 4.39. The van der Waals surface area contributed by atoms with Gasteiger partial charge in [0.1, 0.15) is 0 Å². The molecule has 0 aromatic carbocycles. The van der Waals surface area contributed by atoms with Gasteiger partial charge in [0, 0.05) is 36.3 Å². The van der Waals surface area contributed by atoms with Gasteiger partial charge in [0.05, 0.1) is 0 Å². The minimum Gasteiger partial charge on any atom is -0.351 e. The lowest BCUT2D eigenvalue weighted by Gasteiger charge is -2.26. The van der Waals surface area contributed by atoms with Crippen molar-refractivity contribution in [2.45, 2.75) is 27.7 Å². The van der Waals surface area contributed by atoms with Gasteiger partial charge in [-0.25, -0.2) is 0 Å². The third-order valence-corrected chi connectivity index (χ3v) is 3.85. The van der Waals surface area contributed by atoms with Crippen LogP contribution in [0.1, 0.15) is 27.7 Å². The van der Waals surface area contributed by atoms with Crippen LogP contribution in [-0.4, -0.2) is 35.5 Å². The third-order valence-electron chi connectivity index (χ3n) is 1.28. The van der Waals surface area contributed by atoms with E-state index in [2.05, 4.69) is 0 Å². The van der Waals surface area contributed by atoms with Crippen LogP contribution >= 0.6 is 9.90 Å². The number of rotatable bonds is 8. The molecule has 0 heterocycles. The number of hydrogen-bond donors (Lipinski definition) is 0. The van der Waals surface area contributed by atoms with Gasteiger partial charge in [-0.2, -0.15) is 0 Å². The minimum atomic E-state index is -2.80. The largest absolute Gasteiger partial charge is 0.679 e. The predicted octanol–water partition coefficient (Wildman–Crippen LogP) is 2.43. The first-order valence-corrected chi connectivity index (χ1v) is 6.43. The second-order valence-electron chi connectivity index (χ2n) is 2.23. The Morgan fingerprint density at radius 1 is 0.643 bits per heavy atom. The van der Waals surface area contributed by atoms with Crippen LogP contribution in [0.15, 0.2) is 0 Å². The van der Waals surface area contributed by atoms with Crippen LogP contribution in [-0.2, 0) is 17.7 Å². The Balaban J connectivity index is 0. The van der Waals surface area contributed by atoms with Gasteiger partial charge in [0.2, 0.25) is 0 Å². The lowest BCUT2D eigenvalue weighted by molar-refractivity contribution is -0.0247. The molecule has 85 valence electrons. The lowest BCUT2D eigenvalue weighted by atomic mass is 10.9. The monoisotopic (exact) mass is 239 g/mol. The molecule has 0 rings (SSSR count). The molecule has 0 unspecified atom stereocenters. The molecule has 0 saturated heterocycles. The summed E-state index contributed by atoms with van der Waals surface area (Å²) in [6.07, 6.45) is 0. The van der Waals surface area contributed by atoms with Crippen molar-refractivity contribution in [3.05, 3.63) is 0 Å². The third kappa shape index (κ3) is 6.06. The summed E-state index contributed by atoms with van der Waals surface area (Å²) in [6.45, 7) is 9.80. The minimum absolute atomic E-state index is 0. The molecule has 0 bridgehead atoms. The van der Waals surface area contributed by atoms with Gasteiger partial charge >= 0.3 is 9.05 Å². The van der Waals surface area contributed by atoms with Crippen molar-refractivity contribution >= 4 is 18.9 Å². The van der Waals surface area contributed by atoms with E-state index in [1.165, 1.54) is 0 Å². The summed E-state index contributed by atoms with van der Waals surface area (Å²) in [5, 5.41) is 0. The summed E-state index contributed by atoms with van der Waals surface area (Å²) in [6, 6.07) is 0. The molecule has 0 N–H and O–H groups in total. The van der Waals surface area contributed by atoms with E-state index in [-0.39, 0.29) is 9.90 Å². The summed E-state index contributed by atoms with van der Waals surface area (Å²) >= 11 is 0. The van der Waals surface area contributed by atoms with Gasteiger partial charge < -0.3 is 17.7 Å². The van der Waals surface area contributed by atoms with E-state index in [0.29, 0.717) is 26.4 Å². The molecule has 4 nitrogen and oxygen atoms in total. The van der Waals surface area contributed by atoms with Crippen LogP contribution in [0, 0.1) is 0 Å². The highest BCUT2D eigenvalue weighted by Gasteiger charge is 2.44. The molecule has 0 atom stereocenters. The Labute approximate surface area is 91.4 Å². The SMILES string of the molecule is CCO[Si](OCC)(OCC)OCC.[P]. The van der Waals surface area contributed by atoms with Crippen LogP contribution < -0.4 is 0 Å². The highest BCUT2D eigenvalue weighted by Crippen LogP contribution is 2.11. The standard InChI is InChI=1S/C8H20O4Si.P/c1-5-9-13(10-6-2,11-7-3)12-8-4;/h5-8H2,1-4H3;. The molecule has 0 aromatic heterocycles. The van der Waals surface area contributed by atoms with Crippen molar-refractivity contribution in [3.8, 4) is 0 Å². The van der Waals surface area contributed by atoms with Gasteiger partial charge in [-0.1, -0.05) is 0 Å². The van der Waals surface area contributed by atoms with Crippen LogP contribution in [0.25, 0.3) is 0 Å². The van der Waals surface area contributed by atoms with E-state index >= 15 is 0 Å². The van der Waals surface area contributed by atoms with Crippen LogP contribution in [0.5, 0.6) is 0 Å². The highest BCUT2D eigenvalue weighted by atomic mass is 31.0. The molecule has 0 spiro atoms. The van der Waals surface area contributed by atoms with Gasteiger partial charge in [-0.05, 0) is 27.7 Å². The van der Waals surface area contributed by atoms with E-state index in [1.807, 2.05) is 27.7 Å². The molecule has 0 aliphatic heterocycles. The van der Waals surface area contributed by atoms with Crippen LogP contribution in [0.2, 0.25) is 0 Å². The summed E-state index contributed by atoms with van der Waals surface area (Å²) in [7, 11) is -2.80. The van der Waals surface area contributed by atoms with Gasteiger partial charge in [-0.15, -0.1) is 0 Å².